The number of benzene rings is 2. The summed E-state index contributed by atoms with van der Waals surface area (Å²) in [6, 6.07) is 7.63. The fourth-order valence-electron chi connectivity index (χ4n) is 3.44. The third-order valence-electron chi connectivity index (χ3n) is 4.99. The zero-order valence-corrected chi connectivity index (χ0v) is 17.3. The Kier molecular flexibility index (Phi) is 6.56. The monoisotopic (exact) mass is 460 g/mol. The second-order valence-corrected chi connectivity index (χ2v) is 8.94. The van der Waals surface area contributed by atoms with Gasteiger partial charge in [0.15, 0.2) is 0 Å². The molecule has 2 aromatic carbocycles. The third kappa shape index (κ3) is 4.99. The van der Waals surface area contributed by atoms with Crippen LogP contribution in [0.15, 0.2) is 47.4 Å². The Labute approximate surface area is 176 Å². The molecule has 0 aliphatic carbocycles. The van der Waals surface area contributed by atoms with Crippen molar-refractivity contribution in [1.29, 1.82) is 0 Å². The molecule has 168 valence electrons. The molecule has 3 rings (SSSR count). The van der Waals surface area contributed by atoms with E-state index in [4.69, 9.17) is 4.74 Å². The van der Waals surface area contributed by atoms with Gasteiger partial charge in [-0.2, -0.15) is 17.5 Å². The van der Waals surface area contributed by atoms with Gasteiger partial charge in [0.05, 0.1) is 24.3 Å². The smallest absolute Gasteiger partial charge is 0.418 e. The number of halogens is 4. The number of carbonyl (C=O) groups excluding carboxylic acids is 1. The molecule has 1 aliphatic rings. The summed E-state index contributed by atoms with van der Waals surface area (Å²) in [6.07, 6.45) is -4.04. The molecule has 0 bridgehead atoms. The average molecular weight is 460 g/mol. The quantitative estimate of drug-likeness (QED) is 0.687. The lowest BCUT2D eigenvalue weighted by molar-refractivity contribution is -0.137. The van der Waals surface area contributed by atoms with Crippen LogP contribution in [0.25, 0.3) is 0 Å². The highest BCUT2D eigenvalue weighted by Crippen LogP contribution is 2.35. The standard InChI is InChI=1S/C20H20F4N2O4S/c1-30-17-9-8-14(21)11-18(17)31(28,29)26-10-4-5-13(12-26)19(27)25-16-7-3-2-6-15(16)20(22,23)24/h2-3,6-9,11,13H,4-5,10,12H2,1H3,(H,25,27)/t13-/m0/s1. The lowest BCUT2D eigenvalue weighted by Gasteiger charge is -2.31. The molecular weight excluding hydrogens is 440 g/mol. The minimum absolute atomic E-state index is 0.0490. The zero-order chi connectivity index (χ0) is 22.8. The summed E-state index contributed by atoms with van der Waals surface area (Å²) in [5.41, 5.74) is -1.39. The Bertz CT molecular complexity index is 1070. The summed E-state index contributed by atoms with van der Waals surface area (Å²) in [5.74, 6) is -2.41. The molecule has 11 heteroatoms. The third-order valence-corrected chi connectivity index (χ3v) is 6.88. The van der Waals surface area contributed by atoms with Crippen molar-refractivity contribution in [3.8, 4) is 5.75 Å². The number of hydrogen-bond acceptors (Lipinski definition) is 4. The van der Waals surface area contributed by atoms with Crippen molar-refractivity contribution in [3.05, 3.63) is 53.8 Å². The molecule has 0 unspecified atom stereocenters. The Morgan fingerprint density at radius 2 is 1.90 bits per heavy atom. The number of anilines is 1. The van der Waals surface area contributed by atoms with E-state index in [1.54, 1.807) is 0 Å². The second-order valence-electron chi connectivity index (χ2n) is 7.03. The Hall–Kier alpha value is -2.66. The van der Waals surface area contributed by atoms with E-state index in [2.05, 4.69) is 5.32 Å². The molecule has 6 nitrogen and oxygen atoms in total. The van der Waals surface area contributed by atoms with Crippen LogP contribution in [0.4, 0.5) is 23.2 Å². The molecule has 1 heterocycles. The van der Waals surface area contributed by atoms with Crippen molar-refractivity contribution in [2.24, 2.45) is 5.92 Å². The Morgan fingerprint density at radius 3 is 2.58 bits per heavy atom. The molecule has 1 amide bonds. The van der Waals surface area contributed by atoms with Gasteiger partial charge in [0.1, 0.15) is 16.5 Å². The average Bonchev–Trinajstić information content (AvgIpc) is 2.73. The number of nitrogens with zero attached hydrogens (tertiary/aromatic N) is 1. The highest BCUT2D eigenvalue weighted by atomic mass is 32.2. The number of methoxy groups -OCH3 is 1. The molecule has 1 saturated heterocycles. The van der Waals surface area contributed by atoms with E-state index in [0.29, 0.717) is 12.8 Å². The fourth-order valence-corrected chi connectivity index (χ4v) is 5.13. The van der Waals surface area contributed by atoms with Crippen molar-refractivity contribution in [2.75, 3.05) is 25.5 Å². The van der Waals surface area contributed by atoms with Crippen LogP contribution in [0, 0.1) is 11.7 Å². The van der Waals surface area contributed by atoms with Crippen molar-refractivity contribution < 1.29 is 35.5 Å². The number of alkyl halides is 3. The minimum atomic E-state index is -4.65. The normalized spacial score (nSPS) is 17.9. The van der Waals surface area contributed by atoms with Crippen molar-refractivity contribution in [3.63, 3.8) is 0 Å². The van der Waals surface area contributed by atoms with Gasteiger partial charge in [0.2, 0.25) is 15.9 Å². The molecule has 1 N–H and O–H groups in total. The first-order valence-corrected chi connectivity index (χ1v) is 10.8. The van der Waals surface area contributed by atoms with Gasteiger partial charge in [-0.1, -0.05) is 12.1 Å². The summed E-state index contributed by atoms with van der Waals surface area (Å²) >= 11 is 0. The summed E-state index contributed by atoms with van der Waals surface area (Å²) in [7, 11) is -2.94. The molecule has 1 fully saturated rings. The van der Waals surface area contributed by atoms with Crippen LogP contribution in [-0.2, 0) is 21.0 Å². The molecule has 0 saturated carbocycles. The number of hydrogen-bond donors (Lipinski definition) is 1. The topological polar surface area (TPSA) is 75.7 Å². The summed E-state index contributed by atoms with van der Waals surface area (Å²) in [6.45, 7) is -0.160. The molecule has 1 atom stereocenters. The number of piperidine rings is 1. The first kappa shape index (κ1) is 23.0. The Morgan fingerprint density at radius 1 is 1.19 bits per heavy atom. The first-order valence-electron chi connectivity index (χ1n) is 9.35. The first-order chi connectivity index (χ1) is 14.5. The zero-order valence-electron chi connectivity index (χ0n) is 16.4. The van der Waals surface area contributed by atoms with Crippen molar-refractivity contribution >= 4 is 21.6 Å². The van der Waals surface area contributed by atoms with Crippen LogP contribution in [0.3, 0.4) is 0 Å². The Balaban J connectivity index is 1.81. The van der Waals surface area contributed by atoms with Gasteiger partial charge in [-0.05, 0) is 43.2 Å². The lowest BCUT2D eigenvalue weighted by Crippen LogP contribution is -2.43. The predicted octanol–water partition coefficient (Wildman–Crippen LogP) is 3.89. The van der Waals surface area contributed by atoms with E-state index >= 15 is 0 Å². The van der Waals surface area contributed by atoms with E-state index in [-0.39, 0.29) is 23.7 Å². The van der Waals surface area contributed by atoms with Crippen LogP contribution in [0.5, 0.6) is 5.75 Å². The molecule has 0 aromatic heterocycles. The summed E-state index contributed by atoms with van der Waals surface area (Å²) in [5, 5.41) is 2.27. The van der Waals surface area contributed by atoms with Crippen LogP contribution in [0.1, 0.15) is 18.4 Å². The highest BCUT2D eigenvalue weighted by Gasteiger charge is 2.37. The number of carbonyl (C=O) groups is 1. The second kappa shape index (κ2) is 8.83. The molecule has 0 spiro atoms. The lowest BCUT2D eigenvalue weighted by atomic mass is 9.98. The van der Waals surface area contributed by atoms with Crippen LogP contribution in [-0.4, -0.2) is 38.8 Å². The minimum Gasteiger partial charge on any atom is -0.495 e. The molecule has 2 aromatic rings. The number of amides is 1. The summed E-state index contributed by atoms with van der Waals surface area (Å²) < 4.78 is 85.3. The number of nitrogens with one attached hydrogen (secondary N) is 1. The van der Waals surface area contributed by atoms with E-state index < -0.39 is 45.1 Å². The summed E-state index contributed by atoms with van der Waals surface area (Å²) in [4.78, 5) is 12.3. The molecule has 0 radical (unpaired) electrons. The van der Waals surface area contributed by atoms with E-state index in [1.165, 1.54) is 25.3 Å². The SMILES string of the molecule is COc1ccc(F)cc1S(=O)(=O)N1CCC[C@H](C(=O)Nc2ccccc2C(F)(F)F)C1. The molecule has 31 heavy (non-hydrogen) atoms. The fraction of sp³-hybridized carbons (Fsp3) is 0.350. The van der Waals surface area contributed by atoms with Gasteiger partial charge in [0, 0.05) is 13.1 Å². The maximum absolute atomic E-state index is 13.7. The van der Waals surface area contributed by atoms with Crippen molar-refractivity contribution in [2.45, 2.75) is 23.9 Å². The van der Waals surface area contributed by atoms with Gasteiger partial charge in [-0.15, -0.1) is 0 Å². The number of ether oxygens (including phenoxy) is 1. The maximum Gasteiger partial charge on any atom is 0.418 e. The van der Waals surface area contributed by atoms with E-state index in [0.717, 1.165) is 28.6 Å². The van der Waals surface area contributed by atoms with Gasteiger partial charge in [-0.3, -0.25) is 4.79 Å². The van der Waals surface area contributed by atoms with Gasteiger partial charge < -0.3 is 10.1 Å². The van der Waals surface area contributed by atoms with Crippen LogP contribution in [0.2, 0.25) is 0 Å². The largest absolute Gasteiger partial charge is 0.495 e. The molecule has 1 aliphatic heterocycles. The maximum atomic E-state index is 13.7. The highest BCUT2D eigenvalue weighted by molar-refractivity contribution is 7.89. The predicted molar refractivity (Wildman–Crippen MR) is 105 cm³/mol. The van der Waals surface area contributed by atoms with Crippen LogP contribution >= 0.6 is 0 Å². The van der Waals surface area contributed by atoms with Gasteiger partial charge >= 0.3 is 6.18 Å². The van der Waals surface area contributed by atoms with Crippen molar-refractivity contribution in [1.82, 2.24) is 4.31 Å². The van der Waals surface area contributed by atoms with Gasteiger partial charge in [-0.25, -0.2) is 12.8 Å². The van der Waals surface area contributed by atoms with E-state index in [9.17, 15) is 30.8 Å². The molecular formula is C20H20F4N2O4S. The van der Waals surface area contributed by atoms with Gasteiger partial charge in [0.25, 0.3) is 0 Å². The number of para-hydroxylation sites is 1. The number of sulfonamides is 1. The van der Waals surface area contributed by atoms with E-state index in [1.807, 2.05) is 0 Å². The van der Waals surface area contributed by atoms with Crippen LogP contribution < -0.4 is 10.1 Å². The number of rotatable bonds is 5.